The summed E-state index contributed by atoms with van der Waals surface area (Å²) < 4.78 is 0. The minimum Gasteiger partial charge on any atom is -0.383 e. The van der Waals surface area contributed by atoms with Crippen molar-refractivity contribution in [3.63, 3.8) is 0 Å². The molecule has 0 aliphatic carbocycles. The highest BCUT2D eigenvalue weighted by Crippen LogP contribution is 2.28. The van der Waals surface area contributed by atoms with E-state index < -0.39 is 0 Å². The van der Waals surface area contributed by atoms with Crippen molar-refractivity contribution in [2.24, 2.45) is 0 Å². The van der Waals surface area contributed by atoms with E-state index in [1.54, 1.807) is 30.1 Å². The minimum atomic E-state index is 0.0882. The van der Waals surface area contributed by atoms with Crippen molar-refractivity contribution in [1.82, 2.24) is 4.98 Å². The maximum absolute atomic E-state index is 12.1. The predicted octanol–water partition coefficient (Wildman–Crippen LogP) is 2.13. The zero-order valence-corrected chi connectivity index (χ0v) is 9.30. The fourth-order valence-electron chi connectivity index (χ4n) is 1.75. The molecule has 0 amide bonds. The Morgan fingerprint density at radius 1 is 1.53 bits per heavy atom. The molecule has 0 spiro atoms. The Morgan fingerprint density at radius 2 is 2.40 bits per heavy atom. The molecule has 1 unspecified atom stereocenters. The molecular weight excluding hydrogens is 208 g/mol. The van der Waals surface area contributed by atoms with Gasteiger partial charge in [0.15, 0.2) is 5.78 Å². The summed E-state index contributed by atoms with van der Waals surface area (Å²) in [6.07, 6.45) is 4.94. The normalized spacial score (nSPS) is 21.2. The minimum absolute atomic E-state index is 0.0882. The molecule has 2 rings (SSSR count). The standard InChI is InChI=1S/C11H14N2OS/c12-11-8(4-3-6-13-11)10(14)9-5-1-2-7-15-9/h3-4,6,9H,1-2,5,7H2,(H2,12,13). The van der Waals surface area contributed by atoms with E-state index in [0.717, 1.165) is 18.6 Å². The van der Waals surface area contributed by atoms with E-state index in [0.29, 0.717) is 11.4 Å². The molecule has 2 heterocycles. The van der Waals surface area contributed by atoms with Gasteiger partial charge >= 0.3 is 0 Å². The van der Waals surface area contributed by atoms with E-state index >= 15 is 0 Å². The third kappa shape index (κ3) is 2.31. The number of hydrogen-bond donors (Lipinski definition) is 1. The van der Waals surface area contributed by atoms with Crippen molar-refractivity contribution in [3.8, 4) is 0 Å². The van der Waals surface area contributed by atoms with Gasteiger partial charge in [0.2, 0.25) is 0 Å². The van der Waals surface area contributed by atoms with Gasteiger partial charge in [-0.1, -0.05) is 6.42 Å². The number of aromatic nitrogens is 1. The Labute approximate surface area is 93.5 Å². The fourth-order valence-corrected chi connectivity index (χ4v) is 3.01. The molecule has 80 valence electrons. The number of carbonyl (C=O) groups excluding carboxylic acids is 1. The van der Waals surface area contributed by atoms with E-state index in [1.165, 1.54) is 6.42 Å². The molecule has 0 saturated carbocycles. The predicted molar refractivity (Wildman–Crippen MR) is 63.1 cm³/mol. The highest BCUT2D eigenvalue weighted by atomic mass is 32.2. The van der Waals surface area contributed by atoms with Crippen LogP contribution in [0.25, 0.3) is 0 Å². The Morgan fingerprint density at radius 3 is 3.07 bits per heavy atom. The van der Waals surface area contributed by atoms with Gasteiger partial charge in [-0.2, -0.15) is 11.8 Å². The Kier molecular flexibility index (Phi) is 3.26. The van der Waals surface area contributed by atoms with Crippen LogP contribution in [0, 0.1) is 0 Å². The van der Waals surface area contributed by atoms with Crippen molar-refractivity contribution >= 4 is 23.4 Å². The molecule has 0 bridgehead atoms. The van der Waals surface area contributed by atoms with Crippen LogP contribution in [0.5, 0.6) is 0 Å². The van der Waals surface area contributed by atoms with Crippen molar-refractivity contribution in [2.75, 3.05) is 11.5 Å². The SMILES string of the molecule is Nc1ncccc1C(=O)C1CCCCS1. The van der Waals surface area contributed by atoms with Crippen molar-refractivity contribution in [1.29, 1.82) is 0 Å². The molecule has 3 nitrogen and oxygen atoms in total. The summed E-state index contributed by atoms with van der Waals surface area (Å²) in [4.78, 5) is 16.0. The van der Waals surface area contributed by atoms with Gasteiger partial charge in [-0.25, -0.2) is 4.98 Å². The second kappa shape index (κ2) is 4.66. The van der Waals surface area contributed by atoms with Crippen LogP contribution in [0.3, 0.4) is 0 Å². The van der Waals surface area contributed by atoms with E-state index in [4.69, 9.17) is 5.73 Å². The monoisotopic (exact) mass is 222 g/mol. The maximum atomic E-state index is 12.1. The smallest absolute Gasteiger partial charge is 0.179 e. The lowest BCUT2D eigenvalue weighted by atomic mass is 10.0. The number of ketones is 1. The molecule has 1 saturated heterocycles. The summed E-state index contributed by atoms with van der Waals surface area (Å²) in [7, 11) is 0. The molecule has 1 atom stereocenters. The van der Waals surface area contributed by atoms with Crippen LogP contribution in [0.2, 0.25) is 0 Å². The second-order valence-electron chi connectivity index (χ2n) is 3.66. The quantitative estimate of drug-likeness (QED) is 0.779. The average Bonchev–Trinajstić information content (AvgIpc) is 2.30. The number of anilines is 1. The zero-order valence-electron chi connectivity index (χ0n) is 8.48. The van der Waals surface area contributed by atoms with Crippen molar-refractivity contribution in [2.45, 2.75) is 24.5 Å². The molecule has 0 aromatic carbocycles. The Balaban J connectivity index is 2.16. The van der Waals surface area contributed by atoms with Gasteiger partial charge in [-0.3, -0.25) is 4.79 Å². The van der Waals surface area contributed by atoms with Gasteiger partial charge in [0.1, 0.15) is 5.82 Å². The lowest BCUT2D eigenvalue weighted by Gasteiger charge is -2.20. The van der Waals surface area contributed by atoms with Gasteiger partial charge in [0.25, 0.3) is 0 Å². The number of nitrogens with zero attached hydrogens (tertiary/aromatic N) is 1. The number of pyridine rings is 1. The number of nitrogen functional groups attached to an aromatic ring is 1. The van der Waals surface area contributed by atoms with Crippen LogP contribution in [-0.4, -0.2) is 21.8 Å². The van der Waals surface area contributed by atoms with Gasteiger partial charge in [0, 0.05) is 6.20 Å². The summed E-state index contributed by atoms with van der Waals surface area (Å²) in [6, 6.07) is 3.52. The summed E-state index contributed by atoms with van der Waals surface area (Å²) in [5.74, 6) is 1.58. The van der Waals surface area contributed by atoms with Gasteiger partial charge in [-0.15, -0.1) is 0 Å². The first-order chi connectivity index (χ1) is 7.29. The third-order valence-corrected chi connectivity index (χ3v) is 3.95. The lowest BCUT2D eigenvalue weighted by Crippen LogP contribution is -2.22. The summed E-state index contributed by atoms with van der Waals surface area (Å²) in [5.41, 5.74) is 6.27. The molecule has 0 radical (unpaired) electrons. The molecule has 1 aromatic heterocycles. The van der Waals surface area contributed by atoms with E-state index in [2.05, 4.69) is 4.98 Å². The van der Waals surface area contributed by atoms with Crippen LogP contribution in [-0.2, 0) is 0 Å². The molecule has 1 fully saturated rings. The molecule has 1 aromatic rings. The van der Waals surface area contributed by atoms with E-state index in [9.17, 15) is 4.79 Å². The van der Waals surface area contributed by atoms with E-state index in [1.807, 2.05) is 0 Å². The van der Waals surface area contributed by atoms with Crippen LogP contribution in [0.1, 0.15) is 29.6 Å². The topological polar surface area (TPSA) is 56.0 Å². The average molecular weight is 222 g/mol. The second-order valence-corrected chi connectivity index (χ2v) is 4.97. The number of carbonyl (C=O) groups is 1. The number of thioether (sulfide) groups is 1. The Bertz CT molecular complexity index is 361. The number of rotatable bonds is 2. The molecular formula is C11H14N2OS. The highest BCUT2D eigenvalue weighted by Gasteiger charge is 2.24. The first-order valence-corrected chi connectivity index (χ1v) is 6.20. The molecule has 15 heavy (non-hydrogen) atoms. The fraction of sp³-hybridized carbons (Fsp3) is 0.455. The van der Waals surface area contributed by atoms with Gasteiger partial charge in [-0.05, 0) is 30.7 Å². The van der Waals surface area contributed by atoms with Crippen molar-refractivity contribution in [3.05, 3.63) is 23.9 Å². The van der Waals surface area contributed by atoms with Gasteiger partial charge in [0.05, 0.1) is 10.8 Å². The van der Waals surface area contributed by atoms with Crippen LogP contribution < -0.4 is 5.73 Å². The van der Waals surface area contributed by atoms with Crippen molar-refractivity contribution < 1.29 is 4.79 Å². The lowest BCUT2D eigenvalue weighted by molar-refractivity contribution is 0.0985. The number of nitrogens with two attached hydrogens (primary N) is 1. The van der Waals surface area contributed by atoms with Crippen LogP contribution >= 0.6 is 11.8 Å². The molecule has 2 N–H and O–H groups in total. The van der Waals surface area contributed by atoms with Crippen LogP contribution in [0.4, 0.5) is 5.82 Å². The highest BCUT2D eigenvalue weighted by molar-refractivity contribution is 8.00. The third-order valence-electron chi connectivity index (χ3n) is 2.58. The zero-order chi connectivity index (χ0) is 10.7. The maximum Gasteiger partial charge on any atom is 0.179 e. The molecule has 1 aliphatic heterocycles. The number of hydrogen-bond acceptors (Lipinski definition) is 4. The molecule has 4 heteroatoms. The summed E-state index contributed by atoms with van der Waals surface area (Å²) >= 11 is 1.74. The van der Waals surface area contributed by atoms with E-state index in [-0.39, 0.29) is 11.0 Å². The first-order valence-electron chi connectivity index (χ1n) is 5.15. The molecule has 1 aliphatic rings. The van der Waals surface area contributed by atoms with Gasteiger partial charge < -0.3 is 5.73 Å². The van der Waals surface area contributed by atoms with Crippen LogP contribution in [0.15, 0.2) is 18.3 Å². The largest absolute Gasteiger partial charge is 0.383 e. The summed E-state index contributed by atoms with van der Waals surface area (Å²) in [6.45, 7) is 0. The first kappa shape index (κ1) is 10.5. The summed E-state index contributed by atoms with van der Waals surface area (Å²) in [5, 5.41) is 0.0882. The Hall–Kier alpha value is -1.03. The number of Topliss-reactive ketones (excluding diaryl/α,β-unsaturated/α-hetero) is 1.